The van der Waals surface area contributed by atoms with Crippen molar-refractivity contribution in [1.29, 1.82) is 0 Å². The largest absolute Gasteiger partial charge is 0.504 e. The van der Waals surface area contributed by atoms with E-state index in [4.69, 9.17) is 16.6 Å². The van der Waals surface area contributed by atoms with Crippen molar-refractivity contribution in [3.05, 3.63) is 28.0 Å². The van der Waals surface area contributed by atoms with Crippen LogP contribution in [0.5, 0.6) is 11.5 Å². The predicted molar refractivity (Wildman–Crippen MR) is 76.1 cm³/mol. The molecule has 0 unspecified atom stereocenters. The molecule has 0 amide bonds. The van der Waals surface area contributed by atoms with Crippen LogP contribution in [0, 0.1) is 4.71 Å². The van der Waals surface area contributed by atoms with Crippen molar-refractivity contribution in [2.45, 2.75) is 13.3 Å². The molecule has 0 saturated heterocycles. The van der Waals surface area contributed by atoms with Crippen molar-refractivity contribution >= 4 is 34.9 Å². The second-order valence-electron chi connectivity index (χ2n) is 4.40. The fourth-order valence-electron chi connectivity index (χ4n) is 2.04. The van der Waals surface area contributed by atoms with Gasteiger partial charge in [0.1, 0.15) is 5.56 Å². The monoisotopic (exact) mass is 308 g/mol. The molecule has 0 aliphatic heterocycles. The maximum absolute atomic E-state index is 11.7. The Morgan fingerprint density at radius 3 is 2.57 bits per heavy atom. The van der Waals surface area contributed by atoms with Gasteiger partial charge in [0.15, 0.2) is 27.6 Å². The number of aromatic hydroxyl groups is 2. The highest BCUT2D eigenvalue weighted by atomic mass is 32.1. The molecule has 6 nitrogen and oxygen atoms in total. The molecule has 0 bridgehead atoms. The van der Waals surface area contributed by atoms with Crippen LogP contribution in [0.4, 0.5) is 0 Å². The smallest absolute Gasteiger partial charge is 0.310 e. The van der Waals surface area contributed by atoms with Gasteiger partial charge in [0.05, 0.1) is 13.5 Å². The highest BCUT2D eigenvalue weighted by Crippen LogP contribution is 2.37. The number of carbonyl (C=O) groups excluding carboxylic acids is 2. The minimum Gasteiger partial charge on any atom is -0.504 e. The van der Waals surface area contributed by atoms with Gasteiger partial charge in [-0.05, 0) is 36.8 Å². The van der Waals surface area contributed by atoms with Crippen molar-refractivity contribution in [1.82, 2.24) is 0 Å². The first-order chi connectivity index (χ1) is 9.85. The molecule has 1 aromatic carbocycles. The standard InChI is InChI=1S/C14H12O6S/c1-6(15)12-13(18)9(16)5-8-7(3-10(17)19-2)4-11(21)20-14(8)12/h4-5,16,18H,3H2,1-2H3. The van der Waals surface area contributed by atoms with Gasteiger partial charge in [-0.2, -0.15) is 0 Å². The minimum atomic E-state index is -0.580. The zero-order valence-corrected chi connectivity index (χ0v) is 12.1. The molecule has 1 aromatic heterocycles. The zero-order chi connectivity index (χ0) is 15.7. The van der Waals surface area contributed by atoms with Crippen LogP contribution in [0.2, 0.25) is 0 Å². The second-order valence-corrected chi connectivity index (χ2v) is 4.80. The molecular formula is C14H12O6S. The highest BCUT2D eigenvalue weighted by molar-refractivity contribution is 7.71. The van der Waals surface area contributed by atoms with Crippen LogP contribution in [0.1, 0.15) is 22.8 Å². The molecular weight excluding hydrogens is 296 g/mol. The summed E-state index contributed by atoms with van der Waals surface area (Å²) >= 11 is 4.96. The Kier molecular flexibility index (Phi) is 3.95. The Hall–Kier alpha value is -2.41. The number of benzene rings is 1. The topological polar surface area (TPSA) is 97.0 Å². The van der Waals surface area contributed by atoms with Gasteiger partial charge in [0.2, 0.25) is 0 Å². The summed E-state index contributed by atoms with van der Waals surface area (Å²) in [5.74, 6) is -2.06. The molecule has 110 valence electrons. The number of ketones is 1. The Labute approximate surface area is 124 Å². The van der Waals surface area contributed by atoms with Crippen LogP contribution in [-0.2, 0) is 16.0 Å². The lowest BCUT2D eigenvalue weighted by molar-refractivity contribution is -0.139. The summed E-state index contributed by atoms with van der Waals surface area (Å²) in [4.78, 5) is 23.1. The summed E-state index contributed by atoms with van der Waals surface area (Å²) in [5.41, 5.74) is 0.290. The van der Waals surface area contributed by atoms with Crippen molar-refractivity contribution in [3.8, 4) is 11.5 Å². The molecule has 7 heteroatoms. The number of esters is 1. The molecule has 0 aliphatic carbocycles. The molecule has 2 rings (SSSR count). The number of phenols is 2. The van der Waals surface area contributed by atoms with Crippen LogP contribution >= 0.6 is 12.2 Å². The molecule has 0 atom stereocenters. The third-order valence-corrected chi connectivity index (χ3v) is 3.19. The first kappa shape index (κ1) is 15.0. The van der Waals surface area contributed by atoms with Gasteiger partial charge in [-0.25, -0.2) is 0 Å². The minimum absolute atomic E-state index is 0.0317. The van der Waals surface area contributed by atoms with E-state index < -0.39 is 23.3 Å². The average molecular weight is 308 g/mol. The maximum Gasteiger partial charge on any atom is 0.310 e. The summed E-state index contributed by atoms with van der Waals surface area (Å²) in [6.07, 6.45) is -0.103. The van der Waals surface area contributed by atoms with E-state index in [1.54, 1.807) is 0 Å². The number of Topliss-reactive ketones (excluding diaryl/α,β-unsaturated/α-hetero) is 1. The molecule has 0 aliphatic rings. The van der Waals surface area contributed by atoms with E-state index in [1.807, 2.05) is 0 Å². The van der Waals surface area contributed by atoms with Gasteiger partial charge in [-0.3, -0.25) is 9.59 Å². The molecule has 21 heavy (non-hydrogen) atoms. The zero-order valence-electron chi connectivity index (χ0n) is 11.3. The number of fused-ring (bicyclic) bond motifs is 1. The summed E-state index contributed by atoms with van der Waals surface area (Å²) in [7, 11) is 1.25. The van der Waals surface area contributed by atoms with Gasteiger partial charge in [-0.15, -0.1) is 0 Å². The second kappa shape index (κ2) is 5.53. The van der Waals surface area contributed by atoms with Gasteiger partial charge < -0.3 is 19.4 Å². The van der Waals surface area contributed by atoms with Crippen LogP contribution < -0.4 is 0 Å². The maximum atomic E-state index is 11.7. The SMILES string of the molecule is COC(=O)Cc1cc(=S)oc2c(C(C)=O)c(O)c(O)cc12. The fraction of sp³-hybridized carbons (Fsp3) is 0.214. The summed E-state index contributed by atoms with van der Waals surface area (Å²) < 4.78 is 9.96. The summed E-state index contributed by atoms with van der Waals surface area (Å²) in [5, 5.41) is 19.9. The van der Waals surface area contributed by atoms with E-state index in [-0.39, 0.29) is 22.3 Å². The molecule has 2 aromatic rings. The number of hydrogen-bond donors (Lipinski definition) is 2. The molecule has 0 saturated carbocycles. The lowest BCUT2D eigenvalue weighted by Gasteiger charge is -2.10. The van der Waals surface area contributed by atoms with E-state index in [0.29, 0.717) is 10.9 Å². The molecule has 0 radical (unpaired) electrons. The highest BCUT2D eigenvalue weighted by Gasteiger charge is 2.21. The average Bonchev–Trinajstić information content (AvgIpc) is 2.40. The number of phenolic OH excluding ortho intramolecular Hbond substituents is 2. The Morgan fingerprint density at radius 2 is 2.00 bits per heavy atom. The molecule has 2 N–H and O–H groups in total. The van der Waals surface area contributed by atoms with Crippen molar-refractivity contribution in [2.75, 3.05) is 7.11 Å². The lowest BCUT2D eigenvalue weighted by atomic mass is 10.0. The van der Waals surface area contributed by atoms with E-state index in [2.05, 4.69) is 4.74 Å². The van der Waals surface area contributed by atoms with Crippen molar-refractivity contribution in [2.24, 2.45) is 0 Å². The third-order valence-electron chi connectivity index (χ3n) is 2.99. The summed E-state index contributed by atoms with van der Waals surface area (Å²) in [6.45, 7) is 1.22. The van der Waals surface area contributed by atoms with E-state index in [9.17, 15) is 19.8 Å². The Balaban J connectivity index is 2.87. The number of hydrogen-bond acceptors (Lipinski definition) is 7. The molecule has 1 heterocycles. The normalized spacial score (nSPS) is 10.6. The van der Waals surface area contributed by atoms with Crippen LogP contribution in [-0.4, -0.2) is 29.1 Å². The van der Waals surface area contributed by atoms with Gasteiger partial charge in [-0.1, -0.05) is 0 Å². The van der Waals surface area contributed by atoms with Crippen LogP contribution in [0.3, 0.4) is 0 Å². The number of ether oxygens (including phenoxy) is 1. The van der Waals surface area contributed by atoms with Crippen molar-refractivity contribution in [3.63, 3.8) is 0 Å². The summed E-state index contributed by atoms with van der Waals surface area (Å²) in [6, 6.07) is 2.66. The molecule has 0 spiro atoms. The van der Waals surface area contributed by atoms with Crippen molar-refractivity contribution < 1.29 is 29.0 Å². The fourth-order valence-corrected chi connectivity index (χ4v) is 2.26. The van der Waals surface area contributed by atoms with Crippen LogP contribution in [0.25, 0.3) is 11.0 Å². The van der Waals surface area contributed by atoms with Gasteiger partial charge >= 0.3 is 5.97 Å². The van der Waals surface area contributed by atoms with Gasteiger partial charge in [0.25, 0.3) is 0 Å². The Bertz CT molecular complexity index is 805. The third kappa shape index (κ3) is 2.73. The molecule has 0 fully saturated rings. The predicted octanol–water partition coefficient (Wildman–Crippen LogP) is 2.49. The van der Waals surface area contributed by atoms with Crippen LogP contribution in [0.15, 0.2) is 16.5 Å². The number of rotatable bonds is 3. The first-order valence-electron chi connectivity index (χ1n) is 5.94. The number of carbonyl (C=O) groups is 2. The van der Waals surface area contributed by atoms with E-state index in [1.165, 1.54) is 26.2 Å². The Morgan fingerprint density at radius 1 is 1.33 bits per heavy atom. The van der Waals surface area contributed by atoms with Gasteiger partial charge in [0, 0.05) is 5.39 Å². The van der Waals surface area contributed by atoms with E-state index in [0.717, 1.165) is 0 Å². The van der Waals surface area contributed by atoms with E-state index >= 15 is 0 Å². The lowest BCUT2D eigenvalue weighted by Crippen LogP contribution is -2.05. The number of methoxy groups -OCH3 is 1. The quantitative estimate of drug-likeness (QED) is 0.389. The first-order valence-corrected chi connectivity index (χ1v) is 6.35.